The van der Waals surface area contributed by atoms with Crippen molar-refractivity contribution in [3.63, 3.8) is 0 Å². The fraction of sp³-hybridized carbons (Fsp3) is 0.190. The van der Waals surface area contributed by atoms with Crippen molar-refractivity contribution in [3.8, 4) is 28.6 Å². The Morgan fingerprint density at radius 3 is 2.48 bits per heavy atom. The van der Waals surface area contributed by atoms with Crippen LogP contribution in [-0.4, -0.2) is 35.4 Å². The Balaban J connectivity index is 1.70. The van der Waals surface area contributed by atoms with Crippen LogP contribution in [0.3, 0.4) is 0 Å². The molecule has 2 heterocycles. The Morgan fingerprint density at radius 2 is 1.83 bits per heavy atom. The molecule has 2 aromatic carbocycles. The lowest BCUT2D eigenvalue weighted by Crippen LogP contribution is -2.23. The Bertz CT molecular complexity index is 1260. The molecule has 148 valence electrons. The second-order valence-electron chi connectivity index (χ2n) is 6.12. The Labute approximate surface area is 170 Å². The van der Waals surface area contributed by atoms with E-state index in [9.17, 15) is 4.79 Å². The highest BCUT2D eigenvalue weighted by atomic mass is 32.1. The molecule has 0 saturated carbocycles. The number of thiazole rings is 1. The minimum absolute atomic E-state index is 0.196. The molecule has 29 heavy (non-hydrogen) atoms. The van der Waals surface area contributed by atoms with E-state index in [1.807, 2.05) is 43.3 Å². The fourth-order valence-electron chi connectivity index (χ4n) is 2.91. The van der Waals surface area contributed by atoms with Gasteiger partial charge in [-0.15, -0.1) is 5.10 Å². The summed E-state index contributed by atoms with van der Waals surface area (Å²) >= 11 is 1.30. The van der Waals surface area contributed by atoms with Gasteiger partial charge in [-0.3, -0.25) is 4.79 Å². The number of hydrogen-bond acceptors (Lipinski definition) is 7. The van der Waals surface area contributed by atoms with Crippen LogP contribution in [0.1, 0.15) is 12.5 Å². The number of hydrogen-bond donors (Lipinski definition) is 0. The third-order valence-electron chi connectivity index (χ3n) is 4.31. The largest absolute Gasteiger partial charge is 0.494 e. The zero-order valence-electron chi connectivity index (χ0n) is 16.2. The van der Waals surface area contributed by atoms with Crippen LogP contribution in [0.15, 0.2) is 47.3 Å². The summed E-state index contributed by atoms with van der Waals surface area (Å²) < 4.78 is 17.9. The minimum atomic E-state index is -0.196. The molecule has 8 heteroatoms. The normalized spacial score (nSPS) is 11.8. The molecule has 4 rings (SSSR count). The molecule has 0 atom stereocenters. The summed E-state index contributed by atoms with van der Waals surface area (Å²) in [6.45, 7) is 2.55. The number of aromatic nitrogens is 3. The van der Waals surface area contributed by atoms with E-state index in [0.29, 0.717) is 33.4 Å². The standard InChI is InChI=1S/C21H19N3O4S/c1-4-28-15-8-5-13(6-9-15)11-18-20(25)24-21(29-18)22-19(23-24)14-7-10-16(26-2)17(12-14)27-3/h5-12H,4H2,1-3H3/b18-11+. The van der Waals surface area contributed by atoms with Crippen molar-refractivity contribution in [1.82, 2.24) is 14.6 Å². The summed E-state index contributed by atoms with van der Waals surface area (Å²) in [5.41, 5.74) is 1.46. The molecule has 0 saturated heterocycles. The van der Waals surface area contributed by atoms with E-state index in [-0.39, 0.29) is 5.56 Å². The summed E-state index contributed by atoms with van der Waals surface area (Å²) in [7, 11) is 3.15. The van der Waals surface area contributed by atoms with Crippen LogP contribution in [0.5, 0.6) is 17.2 Å². The molecule has 0 N–H and O–H groups in total. The van der Waals surface area contributed by atoms with Gasteiger partial charge in [-0.25, -0.2) is 0 Å². The zero-order valence-corrected chi connectivity index (χ0v) is 17.0. The second-order valence-corrected chi connectivity index (χ2v) is 7.13. The lowest BCUT2D eigenvalue weighted by atomic mass is 10.2. The predicted molar refractivity (Wildman–Crippen MR) is 112 cm³/mol. The summed E-state index contributed by atoms with van der Waals surface area (Å²) in [6, 6.07) is 13.0. The monoisotopic (exact) mass is 409 g/mol. The molecule has 7 nitrogen and oxygen atoms in total. The van der Waals surface area contributed by atoms with Crippen molar-refractivity contribution in [1.29, 1.82) is 0 Å². The molecule has 0 aliphatic carbocycles. The highest BCUT2D eigenvalue weighted by Crippen LogP contribution is 2.31. The van der Waals surface area contributed by atoms with E-state index in [4.69, 9.17) is 14.2 Å². The third-order valence-corrected chi connectivity index (χ3v) is 5.27. The molecule has 0 unspecified atom stereocenters. The van der Waals surface area contributed by atoms with Crippen LogP contribution in [0.4, 0.5) is 0 Å². The summed E-state index contributed by atoms with van der Waals surface area (Å²) in [5.74, 6) is 2.46. The van der Waals surface area contributed by atoms with E-state index >= 15 is 0 Å². The van der Waals surface area contributed by atoms with Gasteiger partial charge in [0.15, 0.2) is 17.3 Å². The average molecular weight is 409 g/mol. The average Bonchev–Trinajstić information content (AvgIpc) is 3.28. The molecule has 4 aromatic rings. The lowest BCUT2D eigenvalue weighted by Gasteiger charge is -2.07. The first-order valence-corrected chi connectivity index (χ1v) is 9.81. The van der Waals surface area contributed by atoms with Gasteiger partial charge in [0.05, 0.1) is 25.4 Å². The van der Waals surface area contributed by atoms with Crippen molar-refractivity contribution in [2.45, 2.75) is 6.92 Å². The number of methoxy groups -OCH3 is 2. The van der Waals surface area contributed by atoms with Gasteiger partial charge in [0.1, 0.15) is 5.75 Å². The Hall–Kier alpha value is -3.39. The summed E-state index contributed by atoms with van der Waals surface area (Å²) in [4.78, 5) is 17.8. The first-order valence-electron chi connectivity index (χ1n) is 8.99. The maximum absolute atomic E-state index is 12.7. The number of benzene rings is 2. The SMILES string of the molecule is CCOc1ccc(/C=c2/sc3nc(-c4ccc(OC)c(OC)c4)nn3c2=O)cc1. The van der Waals surface area contributed by atoms with Crippen LogP contribution < -0.4 is 24.3 Å². The first kappa shape index (κ1) is 18.9. The summed E-state index contributed by atoms with van der Waals surface area (Å²) in [5, 5.41) is 4.38. The molecular formula is C21H19N3O4S. The van der Waals surface area contributed by atoms with Crippen LogP contribution in [-0.2, 0) is 0 Å². The van der Waals surface area contributed by atoms with Crippen LogP contribution >= 0.6 is 11.3 Å². The van der Waals surface area contributed by atoms with Crippen LogP contribution in [0, 0.1) is 0 Å². The number of nitrogens with zero attached hydrogens (tertiary/aromatic N) is 3. The number of ether oxygens (including phenoxy) is 3. The second kappa shape index (κ2) is 7.92. The van der Waals surface area contributed by atoms with E-state index in [0.717, 1.165) is 16.9 Å². The minimum Gasteiger partial charge on any atom is -0.494 e. The molecule has 2 aromatic heterocycles. The van der Waals surface area contributed by atoms with Gasteiger partial charge in [-0.05, 0) is 48.9 Å². The smallest absolute Gasteiger partial charge is 0.291 e. The van der Waals surface area contributed by atoms with Gasteiger partial charge >= 0.3 is 0 Å². The van der Waals surface area contributed by atoms with E-state index in [1.54, 1.807) is 26.4 Å². The molecule has 0 amide bonds. The lowest BCUT2D eigenvalue weighted by molar-refractivity contribution is 0.340. The highest BCUT2D eigenvalue weighted by Gasteiger charge is 2.14. The molecular weight excluding hydrogens is 390 g/mol. The molecule has 0 radical (unpaired) electrons. The molecule has 0 spiro atoms. The Morgan fingerprint density at radius 1 is 1.07 bits per heavy atom. The maximum atomic E-state index is 12.7. The number of fused-ring (bicyclic) bond motifs is 1. The quantitative estimate of drug-likeness (QED) is 0.488. The van der Waals surface area contributed by atoms with E-state index in [2.05, 4.69) is 10.1 Å². The number of rotatable bonds is 6. The molecule has 0 aliphatic rings. The molecule has 0 fully saturated rings. The molecule has 0 aliphatic heterocycles. The highest BCUT2D eigenvalue weighted by molar-refractivity contribution is 7.15. The van der Waals surface area contributed by atoms with Crippen LogP contribution in [0.25, 0.3) is 22.4 Å². The maximum Gasteiger partial charge on any atom is 0.291 e. The van der Waals surface area contributed by atoms with Gasteiger partial charge in [-0.2, -0.15) is 9.50 Å². The first-order chi connectivity index (χ1) is 14.1. The third kappa shape index (κ3) is 3.66. The van der Waals surface area contributed by atoms with Crippen molar-refractivity contribution in [2.75, 3.05) is 20.8 Å². The van der Waals surface area contributed by atoms with Gasteiger partial charge < -0.3 is 14.2 Å². The molecule has 0 bridgehead atoms. The topological polar surface area (TPSA) is 74.9 Å². The van der Waals surface area contributed by atoms with Crippen molar-refractivity contribution < 1.29 is 14.2 Å². The van der Waals surface area contributed by atoms with Gasteiger partial charge in [0, 0.05) is 5.56 Å². The van der Waals surface area contributed by atoms with Crippen molar-refractivity contribution >= 4 is 22.4 Å². The predicted octanol–water partition coefficient (Wildman–Crippen LogP) is 2.78. The van der Waals surface area contributed by atoms with Gasteiger partial charge in [0.25, 0.3) is 5.56 Å². The summed E-state index contributed by atoms with van der Waals surface area (Å²) in [6.07, 6.45) is 1.83. The van der Waals surface area contributed by atoms with E-state index in [1.165, 1.54) is 15.9 Å². The van der Waals surface area contributed by atoms with Gasteiger partial charge in [0.2, 0.25) is 4.96 Å². The zero-order chi connectivity index (χ0) is 20.4. The van der Waals surface area contributed by atoms with Crippen LogP contribution in [0.2, 0.25) is 0 Å². The van der Waals surface area contributed by atoms with Crippen molar-refractivity contribution in [3.05, 3.63) is 62.9 Å². The van der Waals surface area contributed by atoms with Crippen molar-refractivity contribution in [2.24, 2.45) is 0 Å². The van der Waals surface area contributed by atoms with Gasteiger partial charge in [-0.1, -0.05) is 23.5 Å². The van der Waals surface area contributed by atoms with E-state index < -0.39 is 0 Å². The fourth-order valence-corrected chi connectivity index (χ4v) is 3.82. The Kier molecular flexibility index (Phi) is 5.18.